The largest absolute Gasteiger partial charge is 0.462 e. The average molecular weight is 495 g/mol. The molecule has 0 bridgehead atoms. The summed E-state index contributed by atoms with van der Waals surface area (Å²) < 4.78 is 12.6. The van der Waals surface area contributed by atoms with Crippen LogP contribution in [0.25, 0.3) is 16.6 Å². The average Bonchev–Trinajstić information content (AvgIpc) is 3.34. The lowest BCUT2D eigenvalue weighted by Crippen LogP contribution is -2.16. The van der Waals surface area contributed by atoms with Crippen molar-refractivity contribution in [2.45, 2.75) is 46.2 Å². The lowest BCUT2D eigenvalue weighted by atomic mass is 10.1. The molecule has 35 heavy (non-hydrogen) atoms. The monoisotopic (exact) mass is 494 g/mol. The number of pyridine rings is 1. The van der Waals surface area contributed by atoms with Crippen LogP contribution in [0.3, 0.4) is 0 Å². The number of amides is 1. The maximum atomic E-state index is 12.7. The van der Waals surface area contributed by atoms with E-state index in [-0.39, 0.29) is 47.5 Å². The van der Waals surface area contributed by atoms with Gasteiger partial charge in [0.2, 0.25) is 11.8 Å². The summed E-state index contributed by atoms with van der Waals surface area (Å²) in [6.07, 6.45) is 0.125. The van der Waals surface area contributed by atoms with Crippen LogP contribution in [0.5, 0.6) is 0 Å². The Morgan fingerprint density at radius 3 is 2.60 bits per heavy atom. The number of rotatable bonds is 8. The molecule has 0 spiro atoms. The molecule has 0 unspecified atom stereocenters. The van der Waals surface area contributed by atoms with Crippen molar-refractivity contribution in [3.05, 3.63) is 52.3 Å². The van der Waals surface area contributed by atoms with Gasteiger partial charge in [-0.3, -0.25) is 19.3 Å². The number of hydrogen-bond donors (Lipinski definition) is 1. The van der Waals surface area contributed by atoms with Gasteiger partial charge in [-0.2, -0.15) is 0 Å². The summed E-state index contributed by atoms with van der Waals surface area (Å²) >= 11 is 1.41. The van der Waals surface area contributed by atoms with Crippen molar-refractivity contribution in [1.82, 2.24) is 14.6 Å². The molecule has 3 aromatic heterocycles. The number of Topliss-reactive ketones (excluding diaryl/α,β-unsaturated/α-hetero) is 1. The maximum Gasteiger partial charge on any atom is 0.344 e. The number of carbonyl (C=O) groups is 3. The zero-order chi connectivity index (χ0) is 25.3. The van der Waals surface area contributed by atoms with Crippen molar-refractivity contribution in [1.29, 1.82) is 0 Å². The van der Waals surface area contributed by atoms with E-state index in [1.54, 1.807) is 13.8 Å². The summed E-state index contributed by atoms with van der Waals surface area (Å²) in [6, 6.07) is 8.14. The third-order valence-corrected chi connectivity index (χ3v) is 6.55. The lowest BCUT2D eigenvalue weighted by Gasteiger charge is -2.10. The Morgan fingerprint density at radius 1 is 1.11 bits per heavy atom. The van der Waals surface area contributed by atoms with E-state index in [0.29, 0.717) is 10.9 Å². The predicted molar refractivity (Wildman–Crippen MR) is 133 cm³/mol. The number of fused-ring (bicyclic) bond motifs is 3. The minimum absolute atomic E-state index is 0.0568. The minimum atomic E-state index is -0.716. The second-order valence-electron chi connectivity index (χ2n) is 8.14. The summed E-state index contributed by atoms with van der Waals surface area (Å²) in [7, 11) is 0. The Morgan fingerprint density at radius 2 is 1.89 bits per heavy atom. The van der Waals surface area contributed by atoms with Gasteiger partial charge in [-0.05, 0) is 51.8 Å². The molecule has 0 aliphatic carbocycles. The molecule has 3 heterocycles. The van der Waals surface area contributed by atoms with Gasteiger partial charge in [0.15, 0.2) is 16.6 Å². The SMILES string of the molecule is CCOC(=O)c1c(NC(=O)CCSc2nnc3cc(C)c4cccc(C)c4n23)oc(C)c1C(C)=O. The number of anilines is 1. The number of furan rings is 1. The molecule has 0 atom stereocenters. The van der Waals surface area contributed by atoms with E-state index in [1.807, 2.05) is 36.4 Å². The molecule has 0 radical (unpaired) electrons. The molecule has 10 heteroatoms. The molecule has 1 amide bonds. The number of nitrogens with zero attached hydrogens (tertiary/aromatic N) is 3. The second kappa shape index (κ2) is 9.91. The highest BCUT2D eigenvalue weighted by atomic mass is 32.2. The predicted octanol–water partition coefficient (Wildman–Crippen LogP) is 4.90. The van der Waals surface area contributed by atoms with E-state index in [4.69, 9.17) is 9.15 Å². The number of benzene rings is 1. The smallest absolute Gasteiger partial charge is 0.344 e. The van der Waals surface area contributed by atoms with Crippen molar-refractivity contribution in [3.8, 4) is 0 Å². The first-order valence-electron chi connectivity index (χ1n) is 11.2. The number of aromatic nitrogens is 3. The summed E-state index contributed by atoms with van der Waals surface area (Å²) in [5.74, 6) is -0.836. The first-order chi connectivity index (χ1) is 16.7. The van der Waals surface area contributed by atoms with E-state index in [0.717, 1.165) is 27.7 Å². The molecule has 0 saturated heterocycles. The minimum Gasteiger partial charge on any atom is -0.462 e. The third kappa shape index (κ3) is 4.66. The van der Waals surface area contributed by atoms with Gasteiger partial charge >= 0.3 is 5.97 Å². The fraction of sp³-hybridized carbons (Fsp3) is 0.320. The van der Waals surface area contributed by atoms with E-state index < -0.39 is 5.97 Å². The fourth-order valence-corrected chi connectivity index (χ4v) is 4.99. The van der Waals surface area contributed by atoms with Crippen molar-refractivity contribution in [2.75, 3.05) is 17.7 Å². The van der Waals surface area contributed by atoms with Crippen LogP contribution in [0.2, 0.25) is 0 Å². The van der Waals surface area contributed by atoms with E-state index in [9.17, 15) is 14.4 Å². The molecule has 0 aliphatic rings. The number of nitrogens with one attached hydrogen (secondary N) is 1. The summed E-state index contributed by atoms with van der Waals surface area (Å²) in [5.41, 5.74) is 4.07. The molecular weight excluding hydrogens is 468 g/mol. The van der Waals surface area contributed by atoms with Gasteiger partial charge < -0.3 is 9.15 Å². The van der Waals surface area contributed by atoms with Crippen molar-refractivity contribution < 1.29 is 23.5 Å². The third-order valence-electron chi connectivity index (χ3n) is 5.62. The second-order valence-corrected chi connectivity index (χ2v) is 9.20. The molecule has 0 saturated carbocycles. The first kappa shape index (κ1) is 24.5. The van der Waals surface area contributed by atoms with Crippen LogP contribution in [0, 0.1) is 20.8 Å². The van der Waals surface area contributed by atoms with Gasteiger partial charge in [-0.25, -0.2) is 4.79 Å². The highest BCUT2D eigenvalue weighted by molar-refractivity contribution is 7.99. The highest BCUT2D eigenvalue weighted by Gasteiger charge is 2.28. The topological polar surface area (TPSA) is 116 Å². The molecule has 9 nitrogen and oxygen atoms in total. The summed E-state index contributed by atoms with van der Waals surface area (Å²) in [4.78, 5) is 37.1. The number of aryl methyl sites for hydroxylation is 3. The standard InChI is InChI=1S/C25H26N4O5S/c1-6-33-24(32)21-20(15(4)30)16(5)34-23(21)26-19(31)10-11-35-25-28-27-18-12-14(3)17-9-7-8-13(2)22(17)29(18)25/h7-9,12H,6,10-11H2,1-5H3,(H,26,31). The zero-order valence-electron chi connectivity index (χ0n) is 20.2. The van der Waals surface area contributed by atoms with Crippen molar-refractivity contribution in [2.24, 2.45) is 0 Å². The van der Waals surface area contributed by atoms with Gasteiger partial charge in [-0.1, -0.05) is 30.0 Å². The number of para-hydroxylation sites is 1. The Kier molecular flexibility index (Phi) is 6.93. The molecule has 182 valence electrons. The molecular formula is C25H26N4O5S. The number of ether oxygens (including phenoxy) is 1. The van der Waals surface area contributed by atoms with Crippen LogP contribution >= 0.6 is 11.8 Å². The quantitative estimate of drug-likeness (QED) is 0.209. The number of esters is 1. The van der Waals surface area contributed by atoms with Crippen LogP contribution in [-0.2, 0) is 9.53 Å². The van der Waals surface area contributed by atoms with Crippen LogP contribution in [0.1, 0.15) is 57.9 Å². The number of ketones is 1. The Hall–Kier alpha value is -3.66. The van der Waals surface area contributed by atoms with E-state index >= 15 is 0 Å². The Balaban J connectivity index is 1.52. The van der Waals surface area contributed by atoms with Gasteiger partial charge in [0.05, 0.1) is 17.7 Å². The fourth-order valence-electron chi connectivity index (χ4n) is 4.10. The van der Waals surface area contributed by atoms with Crippen LogP contribution < -0.4 is 5.32 Å². The van der Waals surface area contributed by atoms with Crippen LogP contribution in [0.4, 0.5) is 5.88 Å². The molecule has 1 N–H and O–H groups in total. The van der Waals surface area contributed by atoms with Gasteiger partial charge in [0.25, 0.3) is 0 Å². The Labute approximate surface area is 206 Å². The van der Waals surface area contributed by atoms with E-state index in [1.165, 1.54) is 18.7 Å². The van der Waals surface area contributed by atoms with Gasteiger partial charge in [0.1, 0.15) is 11.3 Å². The molecule has 4 rings (SSSR count). The molecule has 0 fully saturated rings. The lowest BCUT2D eigenvalue weighted by molar-refractivity contribution is -0.115. The zero-order valence-corrected chi connectivity index (χ0v) is 21.0. The maximum absolute atomic E-state index is 12.7. The first-order valence-corrected chi connectivity index (χ1v) is 12.2. The molecule has 0 aliphatic heterocycles. The number of thioether (sulfide) groups is 1. The molecule has 1 aromatic carbocycles. The highest BCUT2D eigenvalue weighted by Crippen LogP contribution is 2.30. The van der Waals surface area contributed by atoms with Crippen LogP contribution in [0.15, 0.2) is 33.8 Å². The molecule has 4 aromatic rings. The van der Waals surface area contributed by atoms with E-state index in [2.05, 4.69) is 21.6 Å². The van der Waals surface area contributed by atoms with Gasteiger partial charge in [0, 0.05) is 17.6 Å². The normalized spacial score (nSPS) is 11.2. The van der Waals surface area contributed by atoms with Crippen molar-refractivity contribution >= 4 is 51.9 Å². The number of hydrogen-bond acceptors (Lipinski definition) is 8. The summed E-state index contributed by atoms with van der Waals surface area (Å²) in [5, 5.41) is 13.1. The van der Waals surface area contributed by atoms with Gasteiger partial charge in [-0.15, -0.1) is 10.2 Å². The Bertz CT molecular complexity index is 1470. The van der Waals surface area contributed by atoms with Crippen LogP contribution in [-0.4, -0.2) is 44.6 Å². The summed E-state index contributed by atoms with van der Waals surface area (Å²) in [6.45, 7) is 8.78. The number of carbonyl (C=O) groups excluding carboxylic acids is 3. The van der Waals surface area contributed by atoms with Crippen molar-refractivity contribution in [3.63, 3.8) is 0 Å².